The van der Waals surface area contributed by atoms with Crippen LogP contribution >= 0.6 is 0 Å². The van der Waals surface area contributed by atoms with Gasteiger partial charge < -0.3 is 15.0 Å². The fraction of sp³-hybridized carbons (Fsp3) is 0.692. The molecule has 0 aliphatic heterocycles. The molecule has 1 atom stereocenters. The predicted octanol–water partition coefficient (Wildman–Crippen LogP) is 1.64. The Morgan fingerprint density at radius 2 is 2.28 bits per heavy atom. The Balaban J connectivity index is 2.29. The van der Waals surface area contributed by atoms with Gasteiger partial charge >= 0.3 is 5.97 Å². The second-order valence-electron chi connectivity index (χ2n) is 4.76. The summed E-state index contributed by atoms with van der Waals surface area (Å²) in [7, 11) is 0. The fourth-order valence-electron chi connectivity index (χ4n) is 1.81. The molecule has 0 aliphatic rings. The van der Waals surface area contributed by atoms with Crippen molar-refractivity contribution in [1.82, 2.24) is 9.55 Å². The van der Waals surface area contributed by atoms with Crippen molar-refractivity contribution in [3.63, 3.8) is 0 Å². The normalized spacial score (nSPS) is 14.2. The maximum atomic E-state index is 11.6. The Morgan fingerprint density at radius 3 is 2.83 bits per heavy atom. The molecule has 2 N–H and O–H groups in total. The number of hydrogen-bond acceptors (Lipinski definition) is 4. The third-order valence-electron chi connectivity index (χ3n) is 3.01. The van der Waals surface area contributed by atoms with Crippen LogP contribution in [0.5, 0.6) is 0 Å². The van der Waals surface area contributed by atoms with Crippen molar-refractivity contribution in [3.05, 3.63) is 18.2 Å². The molecule has 0 saturated heterocycles. The van der Waals surface area contributed by atoms with Gasteiger partial charge in [-0.1, -0.05) is 0 Å². The summed E-state index contributed by atoms with van der Waals surface area (Å²) < 4.78 is 7.05. The van der Waals surface area contributed by atoms with Crippen LogP contribution in [0.4, 0.5) is 0 Å². The van der Waals surface area contributed by atoms with Gasteiger partial charge in [-0.05, 0) is 40.0 Å². The summed E-state index contributed by atoms with van der Waals surface area (Å²) in [5.74, 6) is 0.694. The fourth-order valence-corrected chi connectivity index (χ4v) is 1.81. The summed E-state index contributed by atoms with van der Waals surface area (Å²) in [6, 6.07) is 0. The smallest absolute Gasteiger partial charge is 0.325 e. The topological polar surface area (TPSA) is 70.1 Å². The summed E-state index contributed by atoms with van der Waals surface area (Å²) in [6.07, 6.45) is 6.26. The van der Waals surface area contributed by atoms with Gasteiger partial charge in [0, 0.05) is 18.9 Å². The second kappa shape index (κ2) is 6.54. The van der Waals surface area contributed by atoms with Crippen LogP contribution in [-0.4, -0.2) is 27.7 Å². The lowest BCUT2D eigenvalue weighted by Crippen LogP contribution is -2.46. The van der Waals surface area contributed by atoms with E-state index in [-0.39, 0.29) is 5.97 Å². The number of imidazole rings is 1. The van der Waals surface area contributed by atoms with Crippen molar-refractivity contribution < 1.29 is 9.53 Å². The van der Waals surface area contributed by atoms with Gasteiger partial charge in [0.1, 0.15) is 11.4 Å². The molecule has 5 heteroatoms. The van der Waals surface area contributed by atoms with E-state index in [1.165, 1.54) is 0 Å². The SMILES string of the molecule is CCOC(=O)C(C)(N)CCCCn1ccnc1C. The van der Waals surface area contributed by atoms with Crippen LogP contribution in [0.3, 0.4) is 0 Å². The Hall–Kier alpha value is -1.36. The molecule has 0 bridgehead atoms. The second-order valence-corrected chi connectivity index (χ2v) is 4.76. The Bertz CT molecular complexity index is 385. The number of esters is 1. The van der Waals surface area contributed by atoms with Crippen LogP contribution in [-0.2, 0) is 16.1 Å². The minimum absolute atomic E-state index is 0.316. The highest BCUT2D eigenvalue weighted by molar-refractivity contribution is 5.79. The van der Waals surface area contributed by atoms with Gasteiger partial charge in [-0.15, -0.1) is 0 Å². The number of nitrogens with two attached hydrogens (primary N) is 1. The van der Waals surface area contributed by atoms with Crippen LogP contribution in [0, 0.1) is 6.92 Å². The van der Waals surface area contributed by atoms with E-state index in [0.29, 0.717) is 13.0 Å². The number of carbonyl (C=O) groups excluding carboxylic acids is 1. The molecular weight excluding hydrogens is 230 g/mol. The first-order valence-corrected chi connectivity index (χ1v) is 6.41. The van der Waals surface area contributed by atoms with Gasteiger partial charge in [0.25, 0.3) is 0 Å². The van der Waals surface area contributed by atoms with E-state index >= 15 is 0 Å². The highest BCUT2D eigenvalue weighted by Crippen LogP contribution is 2.13. The van der Waals surface area contributed by atoms with E-state index in [2.05, 4.69) is 9.55 Å². The molecule has 102 valence electrons. The highest BCUT2D eigenvalue weighted by Gasteiger charge is 2.28. The number of unbranched alkanes of at least 4 members (excludes halogenated alkanes) is 1. The molecule has 0 aliphatic carbocycles. The maximum Gasteiger partial charge on any atom is 0.325 e. The predicted molar refractivity (Wildman–Crippen MR) is 70.0 cm³/mol. The molecule has 5 nitrogen and oxygen atoms in total. The Kier molecular flexibility index (Phi) is 5.34. The first-order valence-electron chi connectivity index (χ1n) is 6.41. The van der Waals surface area contributed by atoms with Crippen molar-refractivity contribution >= 4 is 5.97 Å². The van der Waals surface area contributed by atoms with Crippen molar-refractivity contribution in [3.8, 4) is 0 Å². The zero-order chi connectivity index (χ0) is 13.6. The van der Waals surface area contributed by atoms with Gasteiger partial charge in [0.15, 0.2) is 0 Å². The highest BCUT2D eigenvalue weighted by atomic mass is 16.5. The number of aryl methyl sites for hydroxylation is 2. The lowest BCUT2D eigenvalue weighted by Gasteiger charge is -2.22. The largest absolute Gasteiger partial charge is 0.465 e. The van der Waals surface area contributed by atoms with E-state index in [1.807, 2.05) is 13.1 Å². The van der Waals surface area contributed by atoms with Crippen LogP contribution in [0.15, 0.2) is 12.4 Å². The van der Waals surface area contributed by atoms with E-state index in [1.54, 1.807) is 20.0 Å². The summed E-state index contributed by atoms with van der Waals surface area (Å²) in [4.78, 5) is 15.7. The molecule has 18 heavy (non-hydrogen) atoms. The van der Waals surface area contributed by atoms with Crippen molar-refractivity contribution in [1.29, 1.82) is 0 Å². The summed E-state index contributed by atoms with van der Waals surface area (Å²) in [5, 5.41) is 0. The molecule has 1 aromatic heterocycles. The molecular formula is C13H23N3O2. The van der Waals surface area contributed by atoms with Gasteiger partial charge in [-0.3, -0.25) is 4.79 Å². The summed E-state index contributed by atoms with van der Waals surface area (Å²) in [6.45, 7) is 6.78. The first-order chi connectivity index (χ1) is 8.47. The molecule has 1 rings (SSSR count). The monoisotopic (exact) mass is 253 g/mol. The van der Waals surface area contributed by atoms with Crippen molar-refractivity contribution in [2.45, 2.75) is 52.1 Å². The summed E-state index contributed by atoms with van der Waals surface area (Å²) >= 11 is 0. The van der Waals surface area contributed by atoms with Gasteiger partial charge in [-0.25, -0.2) is 4.98 Å². The zero-order valence-corrected chi connectivity index (χ0v) is 11.5. The minimum atomic E-state index is -0.875. The molecule has 0 aromatic carbocycles. The lowest BCUT2D eigenvalue weighted by atomic mass is 9.96. The summed E-state index contributed by atoms with van der Waals surface area (Å²) in [5.41, 5.74) is 5.07. The molecule has 1 aromatic rings. The molecule has 0 radical (unpaired) electrons. The zero-order valence-electron chi connectivity index (χ0n) is 11.5. The van der Waals surface area contributed by atoms with E-state index in [4.69, 9.17) is 10.5 Å². The van der Waals surface area contributed by atoms with Crippen molar-refractivity contribution in [2.24, 2.45) is 5.73 Å². The van der Waals surface area contributed by atoms with E-state index in [0.717, 1.165) is 25.2 Å². The average Bonchev–Trinajstić information content (AvgIpc) is 2.71. The number of hydrogen-bond donors (Lipinski definition) is 1. The molecule has 0 spiro atoms. The third-order valence-corrected chi connectivity index (χ3v) is 3.01. The molecule has 0 saturated carbocycles. The van der Waals surface area contributed by atoms with Crippen LogP contribution in [0.1, 0.15) is 38.9 Å². The third kappa shape index (κ3) is 4.14. The van der Waals surface area contributed by atoms with Crippen LogP contribution in [0.2, 0.25) is 0 Å². The van der Waals surface area contributed by atoms with Crippen LogP contribution < -0.4 is 5.73 Å². The molecule has 1 unspecified atom stereocenters. The van der Waals surface area contributed by atoms with Crippen LogP contribution in [0.25, 0.3) is 0 Å². The number of aromatic nitrogens is 2. The van der Waals surface area contributed by atoms with Gasteiger partial charge in [0.05, 0.1) is 6.61 Å². The van der Waals surface area contributed by atoms with E-state index in [9.17, 15) is 4.79 Å². The molecule has 0 amide bonds. The maximum absolute atomic E-state index is 11.6. The van der Waals surface area contributed by atoms with Gasteiger partial charge in [0.2, 0.25) is 0 Å². The molecule has 0 fully saturated rings. The lowest BCUT2D eigenvalue weighted by molar-refractivity contribution is -0.149. The molecule has 1 heterocycles. The number of carbonyl (C=O) groups is 1. The average molecular weight is 253 g/mol. The standard InChI is InChI=1S/C13H23N3O2/c1-4-18-12(17)13(3,14)7-5-6-9-16-10-8-15-11(16)2/h8,10H,4-7,9,14H2,1-3H3. The van der Waals surface area contributed by atoms with Gasteiger partial charge in [-0.2, -0.15) is 0 Å². The van der Waals surface area contributed by atoms with E-state index < -0.39 is 5.54 Å². The van der Waals surface area contributed by atoms with Crippen molar-refractivity contribution in [2.75, 3.05) is 6.61 Å². The number of rotatable bonds is 7. The Labute approximate surface area is 108 Å². The first kappa shape index (κ1) is 14.7. The number of nitrogens with zero attached hydrogens (tertiary/aromatic N) is 2. The Morgan fingerprint density at radius 1 is 1.56 bits per heavy atom. The quantitative estimate of drug-likeness (QED) is 0.592. The minimum Gasteiger partial charge on any atom is -0.465 e. The number of ether oxygens (including phenoxy) is 1.